The summed E-state index contributed by atoms with van der Waals surface area (Å²) in [6.45, 7) is 0. The maximum atomic E-state index is 13.0. The number of carbonyl (C=O) groups is 2. The molecule has 0 fully saturated rings. The average Bonchev–Trinajstić information content (AvgIpc) is 2.72. The van der Waals surface area contributed by atoms with Crippen molar-refractivity contribution >= 4 is 67.5 Å². The quantitative estimate of drug-likeness (QED) is 0.303. The van der Waals surface area contributed by atoms with Crippen LogP contribution in [0.15, 0.2) is 33.2 Å². The van der Waals surface area contributed by atoms with Gasteiger partial charge in [0.2, 0.25) is 0 Å². The van der Waals surface area contributed by atoms with Gasteiger partial charge in [-0.05, 0) is 56.1 Å². The molecule has 180 valence electrons. The van der Waals surface area contributed by atoms with Crippen LogP contribution in [-0.4, -0.2) is 50.4 Å². The van der Waals surface area contributed by atoms with Crippen molar-refractivity contribution in [1.82, 2.24) is 10.5 Å². The number of aromatic carboxylic acids is 1. The fourth-order valence-corrected chi connectivity index (χ4v) is 2.43. The molecule has 0 aliphatic carbocycles. The van der Waals surface area contributed by atoms with Crippen LogP contribution in [-0.2, 0) is 9.68 Å². The molecule has 0 unspecified atom stereocenters. The summed E-state index contributed by atoms with van der Waals surface area (Å²) in [4.78, 5) is 31.1. The van der Waals surface area contributed by atoms with Crippen LogP contribution in [0, 0.1) is 11.6 Å². The van der Waals surface area contributed by atoms with Crippen LogP contribution >= 0.6 is 44.3 Å². The molecular formula is C18H23Br2ClF2N4O5. The Balaban J connectivity index is 0. The van der Waals surface area contributed by atoms with Gasteiger partial charge in [0, 0.05) is 25.5 Å². The minimum absolute atomic E-state index is 0. The van der Waals surface area contributed by atoms with Crippen LogP contribution in [0.1, 0.15) is 20.7 Å². The second kappa shape index (κ2) is 15.7. The standard InChI is InChI=1S/C9H10BrFN2O2.C7H5BrFNO2.C2H7NO.ClH/c1-13(15-2)9(14)5-3-6(10)7(11)4-8(5)12;8-4-1-3(7(11)12)6(10)2-5(4)9;1-3-4-2;/h3-4H,12H2,1-2H3;1-2H,10H2,(H,11,12);3H,1-2H3;1H. The van der Waals surface area contributed by atoms with Gasteiger partial charge in [-0.2, -0.15) is 0 Å². The first-order valence-corrected chi connectivity index (χ1v) is 9.73. The largest absolute Gasteiger partial charge is 0.478 e. The van der Waals surface area contributed by atoms with Gasteiger partial charge in [-0.1, -0.05) is 0 Å². The minimum Gasteiger partial charge on any atom is -0.478 e. The maximum Gasteiger partial charge on any atom is 0.337 e. The van der Waals surface area contributed by atoms with Gasteiger partial charge in [-0.15, -0.1) is 12.4 Å². The summed E-state index contributed by atoms with van der Waals surface area (Å²) in [6.07, 6.45) is 0. The van der Waals surface area contributed by atoms with Gasteiger partial charge in [0.05, 0.1) is 34.3 Å². The van der Waals surface area contributed by atoms with Crippen LogP contribution < -0.4 is 16.9 Å². The Morgan fingerprint density at radius 1 is 1.00 bits per heavy atom. The molecule has 1 amide bonds. The van der Waals surface area contributed by atoms with E-state index in [1.165, 1.54) is 20.2 Å². The molecule has 32 heavy (non-hydrogen) atoms. The number of halogens is 5. The molecule has 14 heteroatoms. The van der Waals surface area contributed by atoms with E-state index in [2.05, 4.69) is 42.2 Å². The minimum atomic E-state index is -1.17. The lowest BCUT2D eigenvalue weighted by Gasteiger charge is -2.15. The van der Waals surface area contributed by atoms with Gasteiger partial charge >= 0.3 is 5.97 Å². The number of carboxylic acids is 1. The van der Waals surface area contributed by atoms with Crippen molar-refractivity contribution in [1.29, 1.82) is 0 Å². The smallest absolute Gasteiger partial charge is 0.337 e. The average molecular weight is 609 g/mol. The second-order valence-electron chi connectivity index (χ2n) is 5.41. The predicted octanol–water partition coefficient (Wildman–Crippen LogP) is 3.86. The highest BCUT2D eigenvalue weighted by Gasteiger charge is 2.16. The summed E-state index contributed by atoms with van der Waals surface area (Å²) in [5.74, 6) is -2.69. The fraction of sp³-hybridized carbons (Fsp3) is 0.222. The molecule has 0 bridgehead atoms. The second-order valence-corrected chi connectivity index (χ2v) is 7.11. The SMILES string of the molecule is CNOC.CON(C)C(=O)c1cc(Br)c(F)cc1N.Cl.Nc1cc(F)c(Br)cc1C(=O)O. The molecule has 6 N–H and O–H groups in total. The summed E-state index contributed by atoms with van der Waals surface area (Å²) in [5.41, 5.74) is 13.3. The van der Waals surface area contributed by atoms with E-state index < -0.39 is 23.5 Å². The number of nitrogens with one attached hydrogen (secondary N) is 1. The predicted molar refractivity (Wildman–Crippen MR) is 126 cm³/mol. The van der Waals surface area contributed by atoms with Gasteiger partial charge in [-0.3, -0.25) is 9.63 Å². The number of hydrogen-bond donors (Lipinski definition) is 4. The fourth-order valence-electron chi connectivity index (χ4n) is 1.75. The number of amides is 1. The van der Waals surface area contributed by atoms with Gasteiger partial charge < -0.3 is 21.4 Å². The summed E-state index contributed by atoms with van der Waals surface area (Å²) in [7, 11) is 6.08. The van der Waals surface area contributed by atoms with E-state index in [-0.39, 0.29) is 43.9 Å². The highest BCUT2D eigenvalue weighted by Crippen LogP contribution is 2.24. The molecule has 0 saturated heterocycles. The van der Waals surface area contributed by atoms with E-state index in [4.69, 9.17) is 21.4 Å². The highest BCUT2D eigenvalue weighted by molar-refractivity contribution is 9.10. The van der Waals surface area contributed by atoms with Crippen molar-refractivity contribution in [3.63, 3.8) is 0 Å². The Morgan fingerprint density at radius 2 is 1.38 bits per heavy atom. The van der Waals surface area contributed by atoms with Crippen molar-refractivity contribution in [2.24, 2.45) is 0 Å². The van der Waals surface area contributed by atoms with Gasteiger partial charge in [0.15, 0.2) is 0 Å². The van der Waals surface area contributed by atoms with Crippen LogP contribution in [0.3, 0.4) is 0 Å². The topological polar surface area (TPSA) is 140 Å². The first kappa shape index (κ1) is 32.2. The number of hydrogen-bond acceptors (Lipinski definition) is 7. The molecular weight excluding hydrogens is 585 g/mol. The van der Waals surface area contributed by atoms with Crippen molar-refractivity contribution in [3.05, 3.63) is 56.0 Å². The molecule has 9 nitrogen and oxygen atoms in total. The van der Waals surface area contributed by atoms with Crippen LogP contribution in [0.4, 0.5) is 20.2 Å². The summed E-state index contributed by atoms with van der Waals surface area (Å²) in [5, 5.41) is 9.57. The normalized spacial score (nSPS) is 9.38. The third-order valence-corrected chi connectivity index (χ3v) is 4.63. The molecule has 2 aromatic rings. The summed E-state index contributed by atoms with van der Waals surface area (Å²) < 4.78 is 26.0. The van der Waals surface area contributed by atoms with Gasteiger partial charge in [0.1, 0.15) is 11.6 Å². The van der Waals surface area contributed by atoms with E-state index >= 15 is 0 Å². The molecule has 0 aromatic heterocycles. The van der Waals surface area contributed by atoms with Crippen molar-refractivity contribution in [3.8, 4) is 0 Å². The molecule has 0 radical (unpaired) electrons. The zero-order valence-corrected chi connectivity index (χ0v) is 21.4. The summed E-state index contributed by atoms with van der Waals surface area (Å²) in [6, 6.07) is 4.50. The number of benzene rings is 2. The van der Waals surface area contributed by atoms with E-state index in [0.717, 1.165) is 23.3 Å². The molecule has 0 spiro atoms. The number of rotatable bonds is 4. The number of anilines is 2. The lowest BCUT2D eigenvalue weighted by Crippen LogP contribution is -2.26. The van der Waals surface area contributed by atoms with E-state index in [9.17, 15) is 18.4 Å². The molecule has 0 aliphatic heterocycles. The first-order valence-electron chi connectivity index (χ1n) is 8.15. The van der Waals surface area contributed by atoms with Crippen LogP contribution in [0.25, 0.3) is 0 Å². The lowest BCUT2D eigenvalue weighted by atomic mass is 10.1. The highest BCUT2D eigenvalue weighted by atomic mass is 79.9. The number of nitrogen functional groups attached to an aromatic ring is 2. The Morgan fingerprint density at radius 3 is 1.72 bits per heavy atom. The number of carbonyl (C=O) groups excluding carboxylic acids is 1. The Hall–Kier alpha value is -2.03. The lowest BCUT2D eigenvalue weighted by molar-refractivity contribution is -0.0756. The van der Waals surface area contributed by atoms with Gasteiger partial charge in [0.25, 0.3) is 5.91 Å². The molecule has 0 heterocycles. The molecule has 0 saturated carbocycles. The van der Waals surface area contributed by atoms with Crippen molar-refractivity contribution < 1.29 is 33.2 Å². The van der Waals surface area contributed by atoms with Gasteiger partial charge in [-0.25, -0.2) is 24.1 Å². The monoisotopic (exact) mass is 606 g/mol. The van der Waals surface area contributed by atoms with Crippen molar-refractivity contribution in [2.75, 3.05) is 39.8 Å². The summed E-state index contributed by atoms with van der Waals surface area (Å²) >= 11 is 5.83. The zero-order chi connectivity index (χ0) is 24.3. The first-order chi connectivity index (χ1) is 14.4. The van der Waals surface area contributed by atoms with Crippen molar-refractivity contribution in [2.45, 2.75) is 0 Å². The Labute approximate surface area is 206 Å². The third kappa shape index (κ3) is 10.1. The number of nitrogens with zero attached hydrogens (tertiary/aromatic N) is 1. The molecule has 2 rings (SSSR count). The van der Waals surface area contributed by atoms with E-state index in [1.807, 2.05) is 0 Å². The van der Waals surface area contributed by atoms with Crippen LogP contribution in [0.5, 0.6) is 0 Å². The van der Waals surface area contributed by atoms with E-state index in [1.54, 1.807) is 14.2 Å². The molecule has 2 aromatic carbocycles. The maximum absolute atomic E-state index is 13.0. The number of carboxylic acid groups (broad SMARTS) is 1. The molecule has 0 aliphatic rings. The number of hydroxylamine groups is 3. The Bertz CT molecular complexity index is 923. The third-order valence-electron chi connectivity index (χ3n) is 3.41. The van der Waals surface area contributed by atoms with Crippen LogP contribution in [0.2, 0.25) is 0 Å². The van der Waals surface area contributed by atoms with E-state index in [0.29, 0.717) is 0 Å². The number of nitrogens with two attached hydrogens (primary N) is 2. The Kier molecular flexibility index (Phi) is 15.8. The molecule has 0 atom stereocenters. The zero-order valence-electron chi connectivity index (χ0n) is 17.4.